The lowest BCUT2D eigenvalue weighted by atomic mass is 10.2. The average molecular weight is 382 g/mol. The van der Waals surface area contributed by atoms with Gasteiger partial charge in [0.2, 0.25) is 0 Å². The van der Waals surface area contributed by atoms with Crippen LogP contribution < -0.4 is 9.46 Å². The van der Waals surface area contributed by atoms with Crippen LogP contribution in [0, 0.1) is 0 Å². The largest absolute Gasteiger partial charge is 0.496 e. The number of aromatic nitrogens is 2. The fourth-order valence-corrected chi connectivity index (χ4v) is 3.87. The second-order valence-electron chi connectivity index (χ2n) is 4.54. The molecule has 2 N–H and O–H groups in total. The van der Waals surface area contributed by atoms with E-state index in [2.05, 4.69) is 30.8 Å². The van der Waals surface area contributed by atoms with Crippen LogP contribution in [0.4, 0.5) is 5.69 Å². The number of rotatable bonds is 4. The SMILES string of the molecule is COc1ccc(S(=O)(=O)Nc2cccc3[nH]ncc23)cc1Br. The van der Waals surface area contributed by atoms with Gasteiger partial charge in [0.15, 0.2) is 0 Å². The van der Waals surface area contributed by atoms with E-state index in [1.165, 1.54) is 19.2 Å². The Morgan fingerprint density at radius 3 is 2.82 bits per heavy atom. The summed E-state index contributed by atoms with van der Waals surface area (Å²) in [4.78, 5) is 0.140. The molecule has 0 saturated carbocycles. The number of methoxy groups -OCH3 is 1. The maximum absolute atomic E-state index is 12.5. The number of ether oxygens (including phenoxy) is 1. The van der Waals surface area contributed by atoms with Crippen molar-refractivity contribution in [1.82, 2.24) is 10.2 Å². The van der Waals surface area contributed by atoms with Gasteiger partial charge in [-0.3, -0.25) is 9.82 Å². The third kappa shape index (κ3) is 2.67. The number of halogens is 1. The molecule has 0 bridgehead atoms. The summed E-state index contributed by atoms with van der Waals surface area (Å²) in [6, 6.07) is 9.84. The van der Waals surface area contributed by atoms with Crippen LogP contribution >= 0.6 is 15.9 Å². The topological polar surface area (TPSA) is 84.1 Å². The molecule has 22 heavy (non-hydrogen) atoms. The van der Waals surface area contributed by atoms with Gasteiger partial charge in [-0.2, -0.15) is 5.10 Å². The lowest BCUT2D eigenvalue weighted by Crippen LogP contribution is -2.13. The molecule has 1 aromatic heterocycles. The van der Waals surface area contributed by atoms with Crippen LogP contribution in [0.2, 0.25) is 0 Å². The second-order valence-corrected chi connectivity index (χ2v) is 7.08. The van der Waals surface area contributed by atoms with Gasteiger partial charge in [0.1, 0.15) is 5.75 Å². The summed E-state index contributed by atoms with van der Waals surface area (Å²) >= 11 is 3.29. The molecule has 0 unspecified atom stereocenters. The summed E-state index contributed by atoms with van der Waals surface area (Å²) in [6.07, 6.45) is 1.58. The summed E-state index contributed by atoms with van der Waals surface area (Å²) < 4.78 is 33.3. The Kier molecular flexibility index (Phi) is 3.79. The maximum Gasteiger partial charge on any atom is 0.261 e. The average Bonchev–Trinajstić information content (AvgIpc) is 2.96. The van der Waals surface area contributed by atoms with Crippen LogP contribution in [0.25, 0.3) is 10.9 Å². The molecule has 0 spiro atoms. The van der Waals surface area contributed by atoms with E-state index >= 15 is 0 Å². The first kappa shape index (κ1) is 14.9. The molecule has 0 saturated heterocycles. The van der Waals surface area contributed by atoms with Crippen molar-refractivity contribution in [3.63, 3.8) is 0 Å². The molecule has 8 heteroatoms. The summed E-state index contributed by atoms with van der Waals surface area (Å²) in [6.45, 7) is 0. The lowest BCUT2D eigenvalue weighted by Gasteiger charge is -2.10. The molecule has 0 amide bonds. The van der Waals surface area contributed by atoms with Gasteiger partial charge in [0, 0.05) is 5.39 Å². The first-order valence-corrected chi connectivity index (χ1v) is 8.57. The Morgan fingerprint density at radius 2 is 2.09 bits per heavy atom. The molecule has 2 aromatic carbocycles. The molecular weight excluding hydrogens is 370 g/mol. The first-order valence-electron chi connectivity index (χ1n) is 6.30. The lowest BCUT2D eigenvalue weighted by molar-refractivity contribution is 0.411. The Labute approximate surface area is 135 Å². The van der Waals surface area contributed by atoms with Gasteiger partial charge >= 0.3 is 0 Å². The highest BCUT2D eigenvalue weighted by atomic mass is 79.9. The number of H-pyrrole nitrogens is 1. The minimum atomic E-state index is -3.71. The van der Waals surface area contributed by atoms with Crippen LogP contribution in [-0.4, -0.2) is 25.7 Å². The number of anilines is 1. The Balaban J connectivity index is 2.00. The number of hydrogen-bond acceptors (Lipinski definition) is 4. The van der Waals surface area contributed by atoms with Gasteiger partial charge in [-0.25, -0.2) is 8.42 Å². The van der Waals surface area contributed by atoms with Gasteiger partial charge in [-0.05, 0) is 46.3 Å². The van der Waals surface area contributed by atoms with Gasteiger partial charge in [0.25, 0.3) is 10.0 Å². The van der Waals surface area contributed by atoms with Gasteiger partial charge in [-0.15, -0.1) is 0 Å². The van der Waals surface area contributed by atoms with Crippen molar-refractivity contribution >= 4 is 42.5 Å². The van der Waals surface area contributed by atoms with Crippen molar-refractivity contribution in [1.29, 1.82) is 0 Å². The van der Waals surface area contributed by atoms with E-state index in [0.29, 0.717) is 21.3 Å². The standard InChI is InChI=1S/C14H12BrN3O3S/c1-21-14-6-5-9(7-11(14)15)22(19,20)18-13-4-2-3-12-10(13)8-16-17-12/h2-8,18H,1H3,(H,16,17). The molecule has 1 heterocycles. The number of nitrogens with zero attached hydrogens (tertiary/aromatic N) is 1. The van der Waals surface area contributed by atoms with Gasteiger partial charge < -0.3 is 4.74 Å². The zero-order valence-corrected chi connectivity index (χ0v) is 13.9. The van der Waals surface area contributed by atoms with Crippen LogP contribution in [0.1, 0.15) is 0 Å². The Morgan fingerprint density at radius 1 is 1.27 bits per heavy atom. The van der Waals surface area contributed by atoms with Gasteiger partial charge in [0.05, 0.1) is 33.9 Å². The molecule has 0 fully saturated rings. The van der Waals surface area contributed by atoms with Crippen molar-refractivity contribution in [2.24, 2.45) is 0 Å². The monoisotopic (exact) mass is 381 g/mol. The van der Waals surface area contributed by atoms with Crippen molar-refractivity contribution in [3.8, 4) is 5.75 Å². The second kappa shape index (κ2) is 5.62. The zero-order chi connectivity index (χ0) is 15.7. The molecule has 3 aromatic rings. The predicted molar refractivity (Wildman–Crippen MR) is 87.6 cm³/mol. The highest BCUT2D eigenvalue weighted by Gasteiger charge is 2.17. The van der Waals surface area contributed by atoms with E-state index in [1.54, 1.807) is 24.4 Å². The fraction of sp³-hybridized carbons (Fsp3) is 0.0714. The minimum absolute atomic E-state index is 0.140. The summed E-state index contributed by atoms with van der Waals surface area (Å²) in [5.74, 6) is 0.566. The van der Waals surface area contributed by atoms with Crippen molar-refractivity contribution < 1.29 is 13.2 Å². The summed E-state index contributed by atoms with van der Waals surface area (Å²) in [5, 5.41) is 7.43. The Bertz CT molecular complexity index is 937. The predicted octanol–water partition coefficient (Wildman–Crippen LogP) is 3.13. The number of hydrogen-bond donors (Lipinski definition) is 2. The van der Waals surface area contributed by atoms with Crippen LogP contribution in [-0.2, 0) is 10.0 Å². The molecule has 0 aliphatic rings. The molecular formula is C14H12BrN3O3S. The third-order valence-electron chi connectivity index (χ3n) is 3.16. The van der Waals surface area contributed by atoms with E-state index in [0.717, 1.165) is 5.52 Å². The molecule has 0 atom stereocenters. The molecule has 6 nitrogen and oxygen atoms in total. The fourth-order valence-electron chi connectivity index (χ4n) is 2.08. The molecule has 114 valence electrons. The smallest absolute Gasteiger partial charge is 0.261 e. The maximum atomic E-state index is 12.5. The van der Waals surface area contributed by atoms with E-state index in [-0.39, 0.29) is 4.90 Å². The van der Waals surface area contributed by atoms with E-state index in [9.17, 15) is 8.42 Å². The molecule has 0 aliphatic carbocycles. The number of aromatic amines is 1. The first-order chi connectivity index (χ1) is 10.5. The normalized spacial score (nSPS) is 11.5. The van der Waals surface area contributed by atoms with E-state index in [4.69, 9.17) is 4.74 Å². The van der Waals surface area contributed by atoms with Crippen LogP contribution in [0.3, 0.4) is 0 Å². The minimum Gasteiger partial charge on any atom is -0.496 e. The van der Waals surface area contributed by atoms with Crippen molar-refractivity contribution in [2.45, 2.75) is 4.90 Å². The highest BCUT2D eigenvalue weighted by molar-refractivity contribution is 9.10. The molecule has 0 radical (unpaired) electrons. The van der Waals surface area contributed by atoms with E-state index in [1.807, 2.05) is 6.07 Å². The zero-order valence-electron chi connectivity index (χ0n) is 11.5. The van der Waals surface area contributed by atoms with Crippen LogP contribution in [0.15, 0.2) is 52.0 Å². The number of sulfonamides is 1. The summed E-state index contributed by atoms with van der Waals surface area (Å²) in [5.41, 5.74) is 1.23. The van der Waals surface area contributed by atoms with Gasteiger partial charge in [-0.1, -0.05) is 6.07 Å². The highest BCUT2D eigenvalue weighted by Crippen LogP contribution is 2.29. The van der Waals surface area contributed by atoms with E-state index < -0.39 is 10.0 Å². The molecule has 0 aliphatic heterocycles. The number of fused-ring (bicyclic) bond motifs is 1. The molecule has 3 rings (SSSR count). The Hall–Kier alpha value is -2.06. The summed E-state index contributed by atoms with van der Waals surface area (Å²) in [7, 11) is -2.19. The third-order valence-corrected chi connectivity index (χ3v) is 5.15. The number of benzene rings is 2. The quantitative estimate of drug-likeness (QED) is 0.726. The number of nitrogens with one attached hydrogen (secondary N) is 2. The van der Waals surface area contributed by atoms with Crippen molar-refractivity contribution in [3.05, 3.63) is 47.1 Å². The van der Waals surface area contributed by atoms with Crippen LogP contribution in [0.5, 0.6) is 5.75 Å². The van der Waals surface area contributed by atoms with Crippen molar-refractivity contribution in [2.75, 3.05) is 11.8 Å².